The van der Waals surface area contributed by atoms with Gasteiger partial charge in [-0.05, 0) is 54.4 Å². The number of aliphatic carboxylic acids is 1. The molecule has 0 radical (unpaired) electrons. The Morgan fingerprint density at radius 1 is 1.09 bits per heavy atom. The minimum Gasteiger partial charge on any atom is -0.480 e. The number of carboxylic acids is 1. The van der Waals surface area contributed by atoms with Crippen molar-refractivity contribution in [3.63, 3.8) is 0 Å². The van der Waals surface area contributed by atoms with Crippen molar-refractivity contribution in [1.82, 2.24) is 10.6 Å². The average Bonchev–Trinajstić information content (AvgIpc) is 3.11. The Balaban J connectivity index is 1.41. The van der Waals surface area contributed by atoms with Crippen molar-refractivity contribution in [1.29, 1.82) is 0 Å². The SMILES string of the molecule is C=CCCC(NC(=O)OCC1c2ccccc2-c2ccccc21)C(=O)NC1(C(=O)O)CCC1. The maximum Gasteiger partial charge on any atom is 0.407 e. The van der Waals surface area contributed by atoms with Crippen LogP contribution in [0, 0.1) is 0 Å². The Morgan fingerprint density at radius 3 is 2.21 bits per heavy atom. The zero-order valence-electron chi connectivity index (χ0n) is 18.4. The summed E-state index contributed by atoms with van der Waals surface area (Å²) in [7, 11) is 0. The fourth-order valence-electron chi connectivity index (χ4n) is 4.58. The van der Waals surface area contributed by atoms with Crippen LogP contribution in [0.1, 0.15) is 49.1 Å². The number of fused-ring (bicyclic) bond motifs is 3. The standard InChI is InChI=1S/C26H28N2O5/c1-2-3-13-22(23(29)28-26(24(30)31)14-8-15-26)27-25(32)33-16-21-19-11-6-4-9-17(19)18-10-5-7-12-20(18)21/h2,4-7,9-12,21-22H,1,3,8,13-16H2,(H,27,32)(H,28,29)(H,30,31). The van der Waals surface area contributed by atoms with E-state index in [9.17, 15) is 19.5 Å². The fraction of sp³-hybridized carbons (Fsp3) is 0.346. The van der Waals surface area contributed by atoms with Crippen LogP contribution in [0.5, 0.6) is 0 Å². The topological polar surface area (TPSA) is 105 Å². The molecule has 0 aliphatic heterocycles. The van der Waals surface area contributed by atoms with Gasteiger partial charge in [0.25, 0.3) is 0 Å². The molecule has 7 heteroatoms. The molecule has 1 saturated carbocycles. The van der Waals surface area contributed by atoms with Crippen LogP contribution in [0.25, 0.3) is 11.1 Å². The molecule has 172 valence electrons. The zero-order chi connectivity index (χ0) is 23.4. The van der Waals surface area contributed by atoms with Gasteiger partial charge in [-0.1, -0.05) is 54.6 Å². The number of alkyl carbamates (subject to hydrolysis) is 1. The van der Waals surface area contributed by atoms with Crippen LogP contribution in [0.15, 0.2) is 61.2 Å². The fourth-order valence-corrected chi connectivity index (χ4v) is 4.58. The summed E-state index contributed by atoms with van der Waals surface area (Å²) >= 11 is 0. The summed E-state index contributed by atoms with van der Waals surface area (Å²) in [6.07, 6.45) is 3.23. The van der Waals surface area contributed by atoms with Crippen molar-refractivity contribution in [2.75, 3.05) is 6.61 Å². The van der Waals surface area contributed by atoms with Crippen LogP contribution in [-0.4, -0.2) is 41.3 Å². The van der Waals surface area contributed by atoms with E-state index >= 15 is 0 Å². The lowest BCUT2D eigenvalue weighted by Gasteiger charge is -2.39. The van der Waals surface area contributed by atoms with Gasteiger partial charge in [-0.15, -0.1) is 6.58 Å². The summed E-state index contributed by atoms with van der Waals surface area (Å²) in [6.45, 7) is 3.80. The van der Waals surface area contributed by atoms with Gasteiger partial charge in [-0.2, -0.15) is 0 Å². The van der Waals surface area contributed by atoms with E-state index in [-0.39, 0.29) is 12.5 Å². The molecule has 1 unspecified atom stereocenters. The molecular formula is C26H28N2O5. The summed E-state index contributed by atoms with van der Waals surface area (Å²) in [4.78, 5) is 37.0. The minimum absolute atomic E-state index is 0.0890. The first-order valence-corrected chi connectivity index (χ1v) is 11.2. The van der Waals surface area contributed by atoms with Gasteiger partial charge in [0.05, 0.1) is 0 Å². The summed E-state index contributed by atoms with van der Waals surface area (Å²) < 4.78 is 5.55. The smallest absolute Gasteiger partial charge is 0.407 e. The summed E-state index contributed by atoms with van der Waals surface area (Å²) in [5.41, 5.74) is 3.21. The molecule has 2 aromatic carbocycles. The first-order valence-electron chi connectivity index (χ1n) is 11.2. The number of nitrogens with one attached hydrogen (secondary N) is 2. The third-order valence-corrected chi connectivity index (χ3v) is 6.59. The largest absolute Gasteiger partial charge is 0.480 e. The van der Waals surface area contributed by atoms with Crippen molar-refractivity contribution >= 4 is 18.0 Å². The number of ether oxygens (including phenoxy) is 1. The van der Waals surface area contributed by atoms with Crippen LogP contribution in [-0.2, 0) is 14.3 Å². The number of allylic oxidation sites excluding steroid dienone is 1. The summed E-state index contributed by atoms with van der Waals surface area (Å²) in [5, 5.41) is 14.7. The van der Waals surface area contributed by atoms with E-state index in [1.54, 1.807) is 6.08 Å². The predicted molar refractivity (Wildman–Crippen MR) is 124 cm³/mol. The lowest BCUT2D eigenvalue weighted by atomic mass is 9.76. The van der Waals surface area contributed by atoms with E-state index in [1.807, 2.05) is 36.4 Å². The minimum atomic E-state index is -1.24. The first-order chi connectivity index (χ1) is 15.9. The summed E-state index contributed by atoms with van der Waals surface area (Å²) in [5.74, 6) is -1.66. The molecule has 4 rings (SSSR count). The zero-order valence-corrected chi connectivity index (χ0v) is 18.4. The van der Waals surface area contributed by atoms with E-state index in [0.717, 1.165) is 28.7 Å². The van der Waals surface area contributed by atoms with Crippen LogP contribution in [0.2, 0.25) is 0 Å². The van der Waals surface area contributed by atoms with Crippen molar-refractivity contribution < 1.29 is 24.2 Å². The second-order valence-electron chi connectivity index (χ2n) is 8.62. The first kappa shape index (κ1) is 22.6. The second-order valence-corrected chi connectivity index (χ2v) is 8.62. The Bertz CT molecular complexity index is 1030. The lowest BCUT2D eigenvalue weighted by molar-refractivity contribution is -0.152. The predicted octanol–water partition coefficient (Wildman–Crippen LogP) is 3.98. The maximum absolute atomic E-state index is 12.8. The van der Waals surface area contributed by atoms with E-state index in [2.05, 4.69) is 29.3 Å². The van der Waals surface area contributed by atoms with E-state index < -0.39 is 29.6 Å². The quantitative estimate of drug-likeness (QED) is 0.503. The molecule has 1 fully saturated rings. The normalized spacial score (nSPS) is 16.5. The van der Waals surface area contributed by atoms with Gasteiger partial charge in [0.1, 0.15) is 18.2 Å². The van der Waals surface area contributed by atoms with Gasteiger partial charge in [0.2, 0.25) is 5.91 Å². The Hall–Kier alpha value is -3.61. The molecular weight excluding hydrogens is 420 g/mol. The van der Waals surface area contributed by atoms with Crippen LogP contribution in [0.4, 0.5) is 4.79 Å². The third kappa shape index (κ3) is 4.49. The molecule has 1 atom stereocenters. The monoisotopic (exact) mass is 448 g/mol. The molecule has 2 aliphatic rings. The van der Waals surface area contributed by atoms with Gasteiger partial charge in [-0.3, -0.25) is 4.79 Å². The lowest BCUT2D eigenvalue weighted by Crippen LogP contribution is -2.62. The number of carbonyl (C=O) groups is 3. The van der Waals surface area contributed by atoms with Gasteiger partial charge >= 0.3 is 12.1 Å². The number of carbonyl (C=O) groups excluding carboxylic acids is 2. The van der Waals surface area contributed by atoms with Gasteiger partial charge in [0.15, 0.2) is 0 Å². The Labute approximate surface area is 192 Å². The number of rotatable bonds is 9. The molecule has 0 spiro atoms. The van der Waals surface area contributed by atoms with Crippen molar-refractivity contribution in [2.45, 2.75) is 49.6 Å². The highest BCUT2D eigenvalue weighted by atomic mass is 16.5. The van der Waals surface area contributed by atoms with E-state index in [0.29, 0.717) is 25.7 Å². The molecule has 2 aromatic rings. The third-order valence-electron chi connectivity index (χ3n) is 6.59. The molecule has 2 amide bonds. The van der Waals surface area contributed by atoms with Crippen molar-refractivity contribution in [3.05, 3.63) is 72.3 Å². The summed E-state index contributed by atoms with van der Waals surface area (Å²) in [6, 6.07) is 15.2. The number of hydrogen-bond acceptors (Lipinski definition) is 4. The molecule has 2 aliphatic carbocycles. The Kier molecular flexibility index (Phi) is 6.49. The van der Waals surface area contributed by atoms with Gasteiger partial charge in [-0.25, -0.2) is 9.59 Å². The number of amides is 2. The highest BCUT2D eigenvalue weighted by Crippen LogP contribution is 2.44. The van der Waals surface area contributed by atoms with Crippen LogP contribution >= 0.6 is 0 Å². The van der Waals surface area contributed by atoms with E-state index in [4.69, 9.17) is 4.74 Å². The highest BCUT2D eigenvalue weighted by molar-refractivity contribution is 5.92. The second kappa shape index (κ2) is 9.48. The molecule has 0 aromatic heterocycles. The average molecular weight is 449 g/mol. The van der Waals surface area contributed by atoms with Gasteiger partial charge < -0.3 is 20.5 Å². The molecule has 0 bridgehead atoms. The van der Waals surface area contributed by atoms with Gasteiger partial charge in [0, 0.05) is 5.92 Å². The molecule has 0 saturated heterocycles. The maximum atomic E-state index is 12.8. The molecule has 3 N–H and O–H groups in total. The Morgan fingerprint density at radius 2 is 1.70 bits per heavy atom. The van der Waals surface area contributed by atoms with E-state index in [1.165, 1.54) is 0 Å². The number of hydrogen-bond donors (Lipinski definition) is 3. The number of benzene rings is 2. The van der Waals surface area contributed by atoms with Crippen LogP contribution in [0.3, 0.4) is 0 Å². The van der Waals surface area contributed by atoms with Crippen LogP contribution < -0.4 is 10.6 Å². The molecule has 33 heavy (non-hydrogen) atoms. The highest BCUT2D eigenvalue weighted by Gasteiger charge is 2.46. The number of carboxylic acid groups (broad SMARTS) is 1. The molecule has 7 nitrogen and oxygen atoms in total. The van der Waals surface area contributed by atoms with Crippen molar-refractivity contribution in [2.24, 2.45) is 0 Å². The van der Waals surface area contributed by atoms with Crippen molar-refractivity contribution in [3.8, 4) is 11.1 Å². The molecule has 0 heterocycles.